The summed E-state index contributed by atoms with van der Waals surface area (Å²) in [7, 11) is 0. The van der Waals surface area contributed by atoms with Gasteiger partial charge in [0.25, 0.3) is 0 Å². The van der Waals surface area contributed by atoms with Gasteiger partial charge in [-0.15, -0.1) is 0 Å². The molecule has 0 saturated heterocycles. The molecule has 0 amide bonds. The van der Waals surface area contributed by atoms with Crippen LogP contribution in [0.5, 0.6) is 0 Å². The van der Waals surface area contributed by atoms with Gasteiger partial charge >= 0.3 is 5.97 Å². The van der Waals surface area contributed by atoms with Crippen LogP contribution in [0.3, 0.4) is 0 Å². The molecule has 0 saturated carbocycles. The molecule has 0 aromatic carbocycles. The third-order valence-electron chi connectivity index (χ3n) is 2.38. The van der Waals surface area contributed by atoms with Crippen molar-refractivity contribution in [3.63, 3.8) is 0 Å². The van der Waals surface area contributed by atoms with Crippen LogP contribution in [0, 0.1) is 0 Å². The maximum atomic E-state index is 10.7. The van der Waals surface area contributed by atoms with Crippen LogP contribution in [0.4, 0.5) is 0 Å². The predicted molar refractivity (Wildman–Crippen MR) is 58.1 cm³/mol. The number of carboxylic acids is 1. The van der Waals surface area contributed by atoms with E-state index in [1.165, 1.54) is 10.7 Å². The molecule has 3 aromatic rings. The van der Waals surface area contributed by atoms with Gasteiger partial charge in [-0.05, 0) is 18.2 Å². The number of aromatic carboxylic acids is 1. The highest BCUT2D eigenvalue weighted by Crippen LogP contribution is 2.20. The average Bonchev–Trinajstić information content (AvgIpc) is 2.97. The molecular formula is C11H7N3O3. The minimum Gasteiger partial charge on any atom is -0.476 e. The van der Waals surface area contributed by atoms with E-state index in [1.807, 2.05) is 0 Å². The third kappa shape index (κ3) is 1.46. The molecule has 3 aromatic heterocycles. The van der Waals surface area contributed by atoms with Crippen molar-refractivity contribution in [3.05, 3.63) is 42.5 Å². The Morgan fingerprint density at radius 1 is 1.35 bits per heavy atom. The Hall–Kier alpha value is -2.63. The van der Waals surface area contributed by atoms with Gasteiger partial charge in [0, 0.05) is 12.4 Å². The topological polar surface area (TPSA) is 81.1 Å². The van der Waals surface area contributed by atoms with Crippen molar-refractivity contribution in [2.45, 2.75) is 0 Å². The minimum absolute atomic E-state index is 0.0210. The summed E-state index contributed by atoms with van der Waals surface area (Å²) in [6.45, 7) is 0. The zero-order chi connectivity index (χ0) is 11.8. The van der Waals surface area contributed by atoms with Crippen molar-refractivity contribution in [1.82, 2.24) is 14.8 Å². The lowest BCUT2D eigenvalue weighted by atomic mass is 10.3. The number of hydrogen-bond acceptors (Lipinski definition) is 4. The van der Waals surface area contributed by atoms with E-state index in [1.54, 1.807) is 30.8 Å². The zero-order valence-electron chi connectivity index (χ0n) is 8.57. The summed E-state index contributed by atoms with van der Waals surface area (Å²) >= 11 is 0. The van der Waals surface area contributed by atoms with Crippen molar-refractivity contribution < 1.29 is 14.3 Å². The summed E-state index contributed by atoms with van der Waals surface area (Å²) in [4.78, 5) is 14.9. The fourth-order valence-electron chi connectivity index (χ4n) is 1.62. The molecule has 6 heteroatoms. The summed E-state index contributed by atoms with van der Waals surface area (Å²) in [5.74, 6) is -0.521. The van der Waals surface area contributed by atoms with Crippen LogP contribution in [-0.4, -0.2) is 25.8 Å². The number of nitrogens with zero attached hydrogens (tertiary/aromatic N) is 3. The SMILES string of the molecule is O=C(O)c1ccn(-c2nccc3occc23)n1. The first-order chi connectivity index (χ1) is 8.25. The van der Waals surface area contributed by atoms with E-state index < -0.39 is 5.97 Å². The molecule has 3 heterocycles. The molecule has 0 spiro atoms. The second kappa shape index (κ2) is 3.44. The molecule has 0 aliphatic carbocycles. The summed E-state index contributed by atoms with van der Waals surface area (Å²) in [6.07, 6.45) is 4.69. The van der Waals surface area contributed by atoms with Gasteiger partial charge in [0.05, 0.1) is 11.6 Å². The molecule has 0 unspecified atom stereocenters. The summed E-state index contributed by atoms with van der Waals surface area (Å²) in [5.41, 5.74) is 0.662. The number of carboxylic acid groups (broad SMARTS) is 1. The Morgan fingerprint density at radius 2 is 2.24 bits per heavy atom. The molecule has 0 aliphatic heterocycles. The van der Waals surface area contributed by atoms with E-state index in [0.29, 0.717) is 11.4 Å². The molecule has 84 valence electrons. The second-order valence-electron chi connectivity index (χ2n) is 3.42. The van der Waals surface area contributed by atoms with E-state index in [4.69, 9.17) is 9.52 Å². The molecule has 0 radical (unpaired) electrons. The summed E-state index contributed by atoms with van der Waals surface area (Å²) < 4.78 is 6.65. The second-order valence-corrected chi connectivity index (χ2v) is 3.42. The van der Waals surface area contributed by atoms with Gasteiger partial charge in [-0.1, -0.05) is 0 Å². The van der Waals surface area contributed by atoms with E-state index in [0.717, 1.165) is 5.39 Å². The van der Waals surface area contributed by atoms with Crippen molar-refractivity contribution in [2.24, 2.45) is 0 Å². The number of aromatic nitrogens is 3. The van der Waals surface area contributed by atoms with Crippen molar-refractivity contribution >= 4 is 16.9 Å². The lowest BCUT2D eigenvalue weighted by molar-refractivity contribution is 0.0690. The average molecular weight is 229 g/mol. The van der Waals surface area contributed by atoms with Gasteiger partial charge in [0.1, 0.15) is 5.58 Å². The molecule has 17 heavy (non-hydrogen) atoms. The summed E-state index contributed by atoms with van der Waals surface area (Å²) in [6, 6.07) is 4.92. The zero-order valence-corrected chi connectivity index (χ0v) is 8.57. The van der Waals surface area contributed by atoms with Gasteiger partial charge in [-0.2, -0.15) is 5.10 Å². The molecular weight excluding hydrogens is 222 g/mol. The predicted octanol–water partition coefficient (Wildman–Crippen LogP) is 1.71. The Balaban J connectivity index is 2.19. The van der Waals surface area contributed by atoms with E-state index >= 15 is 0 Å². The van der Waals surface area contributed by atoms with Gasteiger partial charge in [0.2, 0.25) is 0 Å². The van der Waals surface area contributed by atoms with Crippen LogP contribution in [-0.2, 0) is 0 Å². The van der Waals surface area contributed by atoms with Crippen LogP contribution in [0.2, 0.25) is 0 Å². The Labute approximate surface area is 95.1 Å². The van der Waals surface area contributed by atoms with Gasteiger partial charge in [-0.3, -0.25) is 0 Å². The maximum Gasteiger partial charge on any atom is 0.356 e. The first-order valence-electron chi connectivity index (χ1n) is 4.87. The smallest absolute Gasteiger partial charge is 0.356 e. The Morgan fingerprint density at radius 3 is 3.00 bits per heavy atom. The number of furan rings is 1. The van der Waals surface area contributed by atoms with Gasteiger partial charge in [-0.25, -0.2) is 14.5 Å². The Bertz CT molecular complexity index is 699. The van der Waals surface area contributed by atoms with Gasteiger partial charge in [0.15, 0.2) is 11.5 Å². The highest BCUT2D eigenvalue weighted by molar-refractivity contribution is 5.86. The number of fused-ring (bicyclic) bond motifs is 1. The first kappa shape index (κ1) is 9.59. The maximum absolute atomic E-state index is 10.7. The van der Waals surface area contributed by atoms with Crippen molar-refractivity contribution in [2.75, 3.05) is 0 Å². The Kier molecular flexibility index (Phi) is 1.94. The number of carbonyl (C=O) groups is 1. The molecule has 3 rings (SSSR count). The van der Waals surface area contributed by atoms with Crippen LogP contribution in [0.1, 0.15) is 10.5 Å². The molecule has 0 aliphatic rings. The van der Waals surface area contributed by atoms with Crippen LogP contribution >= 0.6 is 0 Å². The van der Waals surface area contributed by atoms with Crippen molar-refractivity contribution in [3.8, 4) is 5.82 Å². The number of pyridine rings is 1. The van der Waals surface area contributed by atoms with Gasteiger partial charge < -0.3 is 9.52 Å². The van der Waals surface area contributed by atoms with E-state index in [9.17, 15) is 4.79 Å². The molecule has 1 N–H and O–H groups in total. The highest BCUT2D eigenvalue weighted by atomic mass is 16.4. The monoisotopic (exact) mass is 229 g/mol. The molecule has 0 atom stereocenters. The fourth-order valence-corrected chi connectivity index (χ4v) is 1.62. The molecule has 6 nitrogen and oxygen atoms in total. The highest BCUT2D eigenvalue weighted by Gasteiger charge is 2.11. The first-order valence-corrected chi connectivity index (χ1v) is 4.87. The molecule has 0 fully saturated rings. The lowest BCUT2D eigenvalue weighted by Gasteiger charge is -2.00. The lowest BCUT2D eigenvalue weighted by Crippen LogP contribution is -2.02. The van der Waals surface area contributed by atoms with Crippen LogP contribution < -0.4 is 0 Å². The number of hydrogen-bond donors (Lipinski definition) is 1. The quantitative estimate of drug-likeness (QED) is 0.723. The van der Waals surface area contributed by atoms with Crippen LogP contribution in [0.15, 0.2) is 41.3 Å². The third-order valence-corrected chi connectivity index (χ3v) is 2.38. The van der Waals surface area contributed by atoms with Crippen LogP contribution in [0.25, 0.3) is 16.8 Å². The minimum atomic E-state index is -1.07. The molecule has 0 bridgehead atoms. The van der Waals surface area contributed by atoms with Crippen molar-refractivity contribution in [1.29, 1.82) is 0 Å². The standard InChI is InChI=1S/C11H7N3O3/c15-11(16)8-2-5-14(13-8)10-7-3-6-17-9(7)1-4-12-10/h1-6H,(H,15,16). The largest absolute Gasteiger partial charge is 0.476 e. The summed E-state index contributed by atoms with van der Waals surface area (Å²) in [5, 5.41) is 13.5. The fraction of sp³-hybridized carbons (Fsp3) is 0. The van der Waals surface area contributed by atoms with E-state index in [2.05, 4.69) is 10.1 Å². The van der Waals surface area contributed by atoms with E-state index in [-0.39, 0.29) is 5.69 Å². The normalized spacial score (nSPS) is 10.8. The number of rotatable bonds is 2.